The van der Waals surface area contributed by atoms with Crippen LogP contribution in [0.1, 0.15) is 27.0 Å². The van der Waals surface area contributed by atoms with Gasteiger partial charge in [0.05, 0.1) is 18.7 Å². The van der Waals surface area contributed by atoms with Crippen molar-refractivity contribution in [1.82, 2.24) is 0 Å². The van der Waals surface area contributed by atoms with E-state index in [1.54, 1.807) is 37.4 Å². The largest absolute Gasteiger partial charge is 0.497 e. The summed E-state index contributed by atoms with van der Waals surface area (Å²) < 4.78 is 6.06. The molecule has 3 rings (SSSR count). The average Bonchev–Trinajstić information content (AvgIpc) is 2.68. The highest BCUT2D eigenvalue weighted by atomic mass is 79.9. The van der Waals surface area contributed by atoms with Gasteiger partial charge in [-0.15, -0.1) is 0 Å². The Kier molecular flexibility index (Phi) is 5.20. The zero-order valence-electron chi connectivity index (χ0n) is 14.4. The molecule has 0 aliphatic rings. The predicted molar refractivity (Wildman–Crippen MR) is 105 cm³/mol. The van der Waals surface area contributed by atoms with Gasteiger partial charge in [-0.25, -0.2) is 0 Å². The number of nitriles is 1. The summed E-state index contributed by atoms with van der Waals surface area (Å²) in [5, 5.41) is 9.39. The number of ketones is 1. The molecule has 0 radical (unpaired) electrons. The maximum atomic E-state index is 13.3. The molecule has 0 aromatic heterocycles. The van der Waals surface area contributed by atoms with Crippen LogP contribution in [0.15, 0.2) is 65.1 Å². The van der Waals surface area contributed by atoms with Gasteiger partial charge in [0, 0.05) is 15.6 Å². The van der Waals surface area contributed by atoms with Crippen molar-refractivity contribution in [2.45, 2.75) is 6.92 Å². The highest BCUT2D eigenvalue weighted by Crippen LogP contribution is 2.34. The highest BCUT2D eigenvalue weighted by Gasteiger charge is 2.20. The number of benzene rings is 3. The number of ether oxygens (including phenoxy) is 1. The highest BCUT2D eigenvalue weighted by molar-refractivity contribution is 9.10. The fourth-order valence-electron chi connectivity index (χ4n) is 2.92. The van der Waals surface area contributed by atoms with Gasteiger partial charge in [0.15, 0.2) is 5.78 Å². The molecule has 0 saturated carbocycles. The number of carbonyl (C=O) groups is 1. The van der Waals surface area contributed by atoms with Crippen molar-refractivity contribution in [3.63, 3.8) is 0 Å². The molecule has 128 valence electrons. The van der Waals surface area contributed by atoms with E-state index in [2.05, 4.69) is 22.0 Å². The first-order chi connectivity index (χ1) is 12.6. The van der Waals surface area contributed by atoms with E-state index in [0.717, 1.165) is 15.6 Å². The third-order valence-corrected chi connectivity index (χ3v) is 5.02. The molecule has 0 unspecified atom stereocenters. The van der Waals surface area contributed by atoms with Crippen molar-refractivity contribution in [2.75, 3.05) is 7.11 Å². The van der Waals surface area contributed by atoms with Crippen molar-refractivity contribution in [3.05, 3.63) is 87.4 Å². The molecule has 0 aliphatic carbocycles. The summed E-state index contributed by atoms with van der Waals surface area (Å²) in [6.07, 6.45) is 0. The van der Waals surface area contributed by atoms with Crippen LogP contribution >= 0.6 is 15.9 Å². The summed E-state index contributed by atoms with van der Waals surface area (Å²) in [5.41, 5.74) is 3.99. The molecule has 0 fully saturated rings. The minimum atomic E-state index is -0.118. The number of methoxy groups -OCH3 is 1. The molecule has 0 bridgehead atoms. The number of hydrogen-bond donors (Lipinski definition) is 0. The lowest BCUT2D eigenvalue weighted by Crippen LogP contribution is -2.08. The number of rotatable bonds is 4. The van der Waals surface area contributed by atoms with Gasteiger partial charge in [-0.05, 0) is 60.0 Å². The van der Waals surface area contributed by atoms with Gasteiger partial charge in [0.25, 0.3) is 0 Å². The third kappa shape index (κ3) is 3.26. The second-order valence-electron chi connectivity index (χ2n) is 5.81. The van der Waals surface area contributed by atoms with E-state index in [4.69, 9.17) is 4.74 Å². The molecule has 0 heterocycles. The summed E-state index contributed by atoms with van der Waals surface area (Å²) in [6.45, 7) is 1.82. The molecule has 0 spiro atoms. The van der Waals surface area contributed by atoms with E-state index in [-0.39, 0.29) is 5.78 Å². The van der Waals surface area contributed by atoms with Crippen LogP contribution in [0, 0.1) is 18.3 Å². The van der Waals surface area contributed by atoms with E-state index in [0.29, 0.717) is 28.0 Å². The van der Waals surface area contributed by atoms with Gasteiger partial charge in [0.2, 0.25) is 0 Å². The lowest BCUT2D eigenvalue weighted by atomic mass is 9.88. The van der Waals surface area contributed by atoms with Crippen LogP contribution in [-0.4, -0.2) is 12.9 Å². The van der Waals surface area contributed by atoms with Gasteiger partial charge < -0.3 is 4.74 Å². The smallest absolute Gasteiger partial charge is 0.193 e. The summed E-state index contributed by atoms with van der Waals surface area (Å²) in [4.78, 5) is 13.3. The molecular formula is C22H16BrNO2. The fourth-order valence-corrected chi connectivity index (χ4v) is 3.41. The Morgan fingerprint density at radius 3 is 2.31 bits per heavy atom. The van der Waals surface area contributed by atoms with Crippen molar-refractivity contribution in [3.8, 4) is 22.9 Å². The van der Waals surface area contributed by atoms with E-state index >= 15 is 0 Å². The number of carbonyl (C=O) groups excluding carboxylic acids is 1. The minimum Gasteiger partial charge on any atom is -0.497 e. The van der Waals surface area contributed by atoms with Crippen molar-refractivity contribution in [2.24, 2.45) is 0 Å². The quantitative estimate of drug-likeness (QED) is 0.535. The van der Waals surface area contributed by atoms with Crippen LogP contribution in [0.4, 0.5) is 0 Å². The van der Waals surface area contributed by atoms with Crippen LogP contribution in [-0.2, 0) is 0 Å². The van der Waals surface area contributed by atoms with Crippen molar-refractivity contribution in [1.29, 1.82) is 5.26 Å². The SMILES string of the molecule is COc1ccc(C(=O)c2c(-c3ccccc3Br)ccc(C#N)c2C)cc1. The summed E-state index contributed by atoms with van der Waals surface area (Å²) in [6, 6.07) is 20.5. The summed E-state index contributed by atoms with van der Waals surface area (Å²) in [5.74, 6) is 0.572. The monoisotopic (exact) mass is 405 g/mol. The fraction of sp³-hybridized carbons (Fsp3) is 0.0909. The van der Waals surface area contributed by atoms with E-state index in [1.807, 2.05) is 37.3 Å². The van der Waals surface area contributed by atoms with Gasteiger partial charge in [0.1, 0.15) is 5.75 Å². The topological polar surface area (TPSA) is 50.1 Å². The Morgan fingerprint density at radius 2 is 1.69 bits per heavy atom. The zero-order valence-corrected chi connectivity index (χ0v) is 16.0. The Bertz CT molecular complexity index is 1020. The van der Waals surface area contributed by atoms with Crippen LogP contribution in [0.3, 0.4) is 0 Å². The maximum absolute atomic E-state index is 13.3. The molecule has 0 amide bonds. The van der Waals surface area contributed by atoms with Crippen LogP contribution in [0.5, 0.6) is 5.75 Å². The van der Waals surface area contributed by atoms with Gasteiger partial charge in [-0.1, -0.05) is 40.2 Å². The molecule has 0 N–H and O–H groups in total. The summed E-state index contributed by atoms with van der Waals surface area (Å²) >= 11 is 3.56. The Morgan fingerprint density at radius 1 is 1.00 bits per heavy atom. The van der Waals surface area contributed by atoms with Crippen molar-refractivity contribution >= 4 is 21.7 Å². The number of halogens is 1. The zero-order chi connectivity index (χ0) is 18.7. The second kappa shape index (κ2) is 7.55. The van der Waals surface area contributed by atoms with Gasteiger partial charge in [-0.2, -0.15) is 5.26 Å². The molecule has 3 nitrogen and oxygen atoms in total. The van der Waals surface area contributed by atoms with E-state index < -0.39 is 0 Å². The molecule has 3 aromatic rings. The average molecular weight is 406 g/mol. The Balaban J connectivity index is 2.22. The second-order valence-corrected chi connectivity index (χ2v) is 6.66. The van der Waals surface area contributed by atoms with Crippen molar-refractivity contribution < 1.29 is 9.53 Å². The van der Waals surface area contributed by atoms with E-state index in [1.165, 1.54) is 0 Å². The predicted octanol–water partition coefficient (Wildman–Crippen LogP) is 5.54. The summed E-state index contributed by atoms with van der Waals surface area (Å²) in [7, 11) is 1.59. The molecule has 26 heavy (non-hydrogen) atoms. The third-order valence-electron chi connectivity index (χ3n) is 4.33. The first kappa shape index (κ1) is 17.9. The first-order valence-electron chi connectivity index (χ1n) is 8.04. The minimum absolute atomic E-state index is 0.118. The first-order valence-corrected chi connectivity index (χ1v) is 8.83. The lowest BCUT2D eigenvalue weighted by molar-refractivity contribution is 0.103. The molecule has 0 atom stereocenters. The maximum Gasteiger partial charge on any atom is 0.193 e. The Hall–Kier alpha value is -2.90. The lowest BCUT2D eigenvalue weighted by Gasteiger charge is -2.15. The molecule has 0 saturated heterocycles. The molecule has 4 heteroatoms. The van der Waals surface area contributed by atoms with Gasteiger partial charge >= 0.3 is 0 Å². The standard InChI is InChI=1S/C22H16BrNO2/c1-14-16(13-24)9-12-19(18-5-3-4-6-20(18)23)21(14)22(25)15-7-10-17(26-2)11-8-15/h3-12H,1-2H3. The normalized spacial score (nSPS) is 10.2. The van der Waals surface area contributed by atoms with Gasteiger partial charge in [-0.3, -0.25) is 4.79 Å². The van der Waals surface area contributed by atoms with Crippen LogP contribution in [0.25, 0.3) is 11.1 Å². The van der Waals surface area contributed by atoms with E-state index in [9.17, 15) is 10.1 Å². The van der Waals surface area contributed by atoms with Crippen LogP contribution in [0.2, 0.25) is 0 Å². The number of nitrogens with zero attached hydrogens (tertiary/aromatic N) is 1. The van der Waals surface area contributed by atoms with Crippen LogP contribution < -0.4 is 4.74 Å². The number of hydrogen-bond acceptors (Lipinski definition) is 3. The molecule has 0 aliphatic heterocycles. The molecular weight excluding hydrogens is 390 g/mol. The Labute approximate surface area is 161 Å². The molecule has 3 aromatic carbocycles.